The summed E-state index contributed by atoms with van der Waals surface area (Å²) in [5.74, 6) is 0.714. The molecule has 0 heterocycles. The van der Waals surface area contributed by atoms with E-state index >= 15 is 0 Å². The average Bonchev–Trinajstić information content (AvgIpc) is 1.35. The van der Waals surface area contributed by atoms with Gasteiger partial charge < -0.3 is 0 Å². The Labute approximate surface area is 50.2 Å². The zero-order chi connectivity index (χ0) is 4.99. The summed E-state index contributed by atoms with van der Waals surface area (Å²) in [5, 5.41) is 3.46. The molecule has 0 bridgehead atoms. The van der Waals surface area contributed by atoms with Gasteiger partial charge in [0.1, 0.15) is 0 Å². The molecule has 0 rings (SSSR count). The second-order valence-corrected chi connectivity index (χ2v) is 2.46. The van der Waals surface area contributed by atoms with Crippen molar-refractivity contribution in [3.05, 3.63) is 0 Å². The predicted molar refractivity (Wildman–Crippen MR) is 25.5 cm³/mol. The second kappa shape index (κ2) is 3.74. The number of rotatable bonds is 1. The summed E-state index contributed by atoms with van der Waals surface area (Å²) in [6.45, 7) is 1.44. The van der Waals surface area contributed by atoms with E-state index in [0.29, 0.717) is 0 Å². The standard InChI is InChI=1S/C2H3NOPTe/c1-2(4)3-5-6/h1H3. The Hall–Kier alpha value is 0.560. The van der Waals surface area contributed by atoms with Gasteiger partial charge in [0.25, 0.3) is 0 Å². The van der Waals surface area contributed by atoms with E-state index in [4.69, 9.17) is 0 Å². The van der Waals surface area contributed by atoms with Crippen LogP contribution in [0.1, 0.15) is 6.92 Å². The molecule has 0 saturated heterocycles. The van der Waals surface area contributed by atoms with Gasteiger partial charge in [-0.15, -0.1) is 0 Å². The molecular formula is C2H3NOPTe. The van der Waals surface area contributed by atoms with Crippen molar-refractivity contribution in [3.63, 3.8) is 0 Å². The molecule has 0 spiro atoms. The van der Waals surface area contributed by atoms with E-state index in [-0.39, 0.29) is 5.91 Å². The first-order valence-corrected chi connectivity index (χ1v) is 5.20. The molecule has 4 heteroatoms. The minimum absolute atomic E-state index is 0.0955. The quantitative estimate of drug-likeness (QED) is 0.450. The molecular weight excluding hydrogens is 213 g/mol. The van der Waals surface area contributed by atoms with Crippen LogP contribution in [0.2, 0.25) is 0 Å². The Morgan fingerprint density at radius 2 is 2.50 bits per heavy atom. The summed E-state index contributed by atoms with van der Waals surface area (Å²) in [4.78, 5) is 9.87. The van der Waals surface area contributed by atoms with Crippen molar-refractivity contribution in [1.82, 2.24) is 5.09 Å². The van der Waals surface area contributed by atoms with Crippen molar-refractivity contribution < 1.29 is 4.79 Å². The number of hydrogen-bond acceptors (Lipinski definition) is 1. The third kappa shape index (κ3) is 4.56. The van der Waals surface area contributed by atoms with Crippen LogP contribution in [0.4, 0.5) is 0 Å². The molecule has 0 aromatic carbocycles. The molecule has 0 fully saturated rings. The monoisotopic (exact) mass is 218 g/mol. The number of carbonyl (C=O) groups excluding carboxylic acids is 1. The topological polar surface area (TPSA) is 31.2 Å². The number of nitrogens with zero attached hydrogens (tertiary/aromatic N) is 1. The molecule has 33 valence electrons. The van der Waals surface area contributed by atoms with E-state index < -0.39 is 0 Å². The van der Waals surface area contributed by atoms with Gasteiger partial charge in [-0.1, -0.05) is 0 Å². The van der Waals surface area contributed by atoms with E-state index in [1.807, 2.05) is 0 Å². The predicted octanol–water partition coefficient (Wildman–Crippen LogP) is 0.0820. The van der Waals surface area contributed by atoms with E-state index in [1.54, 1.807) is 21.2 Å². The van der Waals surface area contributed by atoms with Gasteiger partial charge in [0.15, 0.2) is 0 Å². The van der Waals surface area contributed by atoms with Crippen LogP contribution in [0.5, 0.6) is 0 Å². The Morgan fingerprint density at radius 1 is 2.00 bits per heavy atom. The summed E-state index contributed by atoms with van der Waals surface area (Å²) in [7, 11) is 0. The van der Waals surface area contributed by atoms with Crippen LogP contribution < -0.4 is 5.09 Å². The second-order valence-electron chi connectivity index (χ2n) is 0.701. The van der Waals surface area contributed by atoms with Crippen molar-refractivity contribution in [3.8, 4) is 0 Å². The van der Waals surface area contributed by atoms with Gasteiger partial charge in [-0.3, -0.25) is 0 Å². The molecule has 0 aliphatic heterocycles. The summed E-state index contributed by atoms with van der Waals surface area (Å²) in [5.41, 5.74) is 0. The Kier molecular flexibility index (Phi) is 4.09. The average molecular weight is 216 g/mol. The number of amides is 1. The molecule has 0 aromatic rings. The van der Waals surface area contributed by atoms with E-state index in [2.05, 4.69) is 5.09 Å². The third-order valence-electron chi connectivity index (χ3n) is 0.182. The first-order chi connectivity index (χ1) is 2.77. The minimum atomic E-state index is -0.0955. The van der Waals surface area contributed by atoms with Gasteiger partial charge in [0, 0.05) is 0 Å². The first-order valence-electron chi connectivity index (χ1n) is 1.31. The van der Waals surface area contributed by atoms with Crippen molar-refractivity contribution in [2.24, 2.45) is 0 Å². The Bertz CT molecular complexity index is 73.9. The number of carbonyl (C=O) groups is 1. The van der Waals surface area contributed by atoms with E-state index in [1.165, 1.54) is 6.92 Å². The van der Waals surface area contributed by atoms with Crippen LogP contribution in [-0.4, -0.2) is 27.1 Å². The fourth-order valence-electron chi connectivity index (χ4n) is 0.0575. The molecule has 0 saturated carbocycles. The molecule has 0 aliphatic carbocycles. The fraction of sp³-hybridized carbons (Fsp3) is 0.500. The molecule has 0 unspecified atom stereocenters. The van der Waals surface area contributed by atoms with E-state index in [0.717, 1.165) is 5.96 Å². The van der Waals surface area contributed by atoms with Gasteiger partial charge in [0.05, 0.1) is 0 Å². The first kappa shape index (κ1) is 6.56. The van der Waals surface area contributed by atoms with Crippen molar-refractivity contribution >= 4 is 33.1 Å². The third-order valence-corrected chi connectivity index (χ3v) is 1.24. The molecule has 2 nitrogen and oxygen atoms in total. The maximum absolute atomic E-state index is 9.87. The normalized spacial score (nSPS) is 8.17. The van der Waals surface area contributed by atoms with Crippen molar-refractivity contribution in [1.29, 1.82) is 0 Å². The van der Waals surface area contributed by atoms with Crippen molar-refractivity contribution in [2.45, 2.75) is 6.92 Å². The van der Waals surface area contributed by atoms with Crippen LogP contribution in [0.3, 0.4) is 0 Å². The Balaban J connectivity index is 3.05. The molecule has 0 aliphatic rings. The Morgan fingerprint density at radius 3 is 2.50 bits per heavy atom. The molecule has 0 atom stereocenters. The molecule has 0 aromatic heterocycles. The summed E-state index contributed by atoms with van der Waals surface area (Å²) in [6, 6.07) is 0. The number of hydrogen-bond donors (Lipinski definition) is 0. The van der Waals surface area contributed by atoms with Gasteiger partial charge in [-0.05, 0) is 0 Å². The van der Waals surface area contributed by atoms with Gasteiger partial charge in [0.2, 0.25) is 0 Å². The molecule has 1 radical (unpaired) electrons. The zero-order valence-corrected chi connectivity index (χ0v) is 6.44. The van der Waals surface area contributed by atoms with Crippen LogP contribution in [0.15, 0.2) is 0 Å². The van der Waals surface area contributed by atoms with Crippen LogP contribution in [0, 0.1) is 0 Å². The van der Waals surface area contributed by atoms with Crippen LogP contribution in [0.25, 0.3) is 0 Å². The van der Waals surface area contributed by atoms with Gasteiger partial charge >= 0.3 is 49.9 Å². The fourth-order valence-corrected chi connectivity index (χ4v) is 1.16. The zero-order valence-electron chi connectivity index (χ0n) is 3.21. The van der Waals surface area contributed by atoms with Gasteiger partial charge in [-0.2, -0.15) is 0 Å². The van der Waals surface area contributed by atoms with Crippen LogP contribution in [-0.2, 0) is 4.79 Å². The summed E-state index contributed by atoms with van der Waals surface area (Å²) in [6.07, 6.45) is 0. The molecule has 1 amide bonds. The molecule has 6 heavy (non-hydrogen) atoms. The maximum atomic E-state index is 9.87. The van der Waals surface area contributed by atoms with Crippen molar-refractivity contribution in [2.75, 3.05) is 0 Å². The summed E-state index contributed by atoms with van der Waals surface area (Å²) >= 11 is 1.75. The summed E-state index contributed by atoms with van der Waals surface area (Å²) < 4.78 is 0. The van der Waals surface area contributed by atoms with E-state index in [9.17, 15) is 4.79 Å². The SMILES string of the molecule is CC(=O)[N]P=[Te]. The van der Waals surface area contributed by atoms with Gasteiger partial charge in [-0.25, -0.2) is 0 Å². The van der Waals surface area contributed by atoms with Crippen LogP contribution >= 0.6 is 5.96 Å². The molecule has 0 N–H and O–H groups in total.